The van der Waals surface area contributed by atoms with Crippen molar-refractivity contribution in [2.75, 3.05) is 0 Å². The van der Waals surface area contributed by atoms with E-state index in [1.807, 2.05) is 68.4 Å². The van der Waals surface area contributed by atoms with Crippen molar-refractivity contribution in [3.05, 3.63) is 71.3 Å². The molecule has 2 amide bonds. The fourth-order valence-electron chi connectivity index (χ4n) is 2.61. The lowest BCUT2D eigenvalue weighted by Crippen LogP contribution is -2.47. The van der Waals surface area contributed by atoms with Gasteiger partial charge in [-0.05, 0) is 25.0 Å². The minimum atomic E-state index is -0.516. The van der Waals surface area contributed by atoms with Crippen LogP contribution in [-0.4, -0.2) is 22.8 Å². The highest BCUT2D eigenvalue weighted by Gasteiger charge is 2.24. The number of amides is 2. The number of nitrogens with one attached hydrogen (secondary N) is 1. The molecule has 0 bridgehead atoms. The third-order valence-electron chi connectivity index (χ3n) is 4.25. The van der Waals surface area contributed by atoms with E-state index in [1.165, 1.54) is 5.56 Å². The summed E-state index contributed by atoms with van der Waals surface area (Å²) in [6, 6.07) is 17.3. The fourth-order valence-corrected chi connectivity index (χ4v) is 2.61. The molecule has 25 heavy (non-hydrogen) atoms. The molecule has 0 aliphatic carbocycles. The molecule has 0 spiro atoms. The van der Waals surface area contributed by atoms with Crippen molar-refractivity contribution >= 4 is 11.8 Å². The van der Waals surface area contributed by atoms with Crippen LogP contribution in [0, 0.1) is 6.92 Å². The Bertz CT molecular complexity index is 696. The molecule has 4 heteroatoms. The van der Waals surface area contributed by atoms with Gasteiger partial charge >= 0.3 is 0 Å². The van der Waals surface area contributed by atoms with Gasteiger partial charge in [-0.3, -0.25) is 9.59 Å². The third-order valence-corrected chi connectivity index (χ3v) is 4.25. The van der Waals surface area contributed by atoms with Gasteiger partial charge in [-0.15, -0.1) is 0 Å². The molecule has 0 aliphatic rings. The number of carbonyl (C=O) groups excluding carboxylic acids is 2. The maximum Gasteiger partial charge on any atom is 0.242 e. The van der Waals surface area contributed by atoms with Crippen LogP contribution in [0.25, 0.3) is 0 Å². The Kier molecular flexibility index (Phi) is 6.75. The quantitative estimate of drug-likeness (QED) is 0.841. The summed E-state index contributed by atoms with van der Waals surface area (Å²) in [5.41, 5.74) is 3.25. The predicted octanol–water partition coefficient (Wildman–Crippen LogP) is 3.44. The van der Waals surface area contributed by atoms with Gasteiger partial charge in [-0.1, -0.05) is 67.1 Å². The first-order valence-electron chi connectivity index (χ1n) is 8.68. The molecule has 0 aliphatic heterocycles. The summed E-state index contributed by atoms with van der Waals surface area (Å²) in [6.07, 6.45) is 0.377. The van der Waals surface area contributed by atoms with Gasteiger partial charge in [0.2, 0.25) is 11.8 Å². The summed E-state index contributed by atoms with van der Waals surface area (Å²) in [4.78, 5) is 26.5. The highest BCUT2D eigenvalue weighted by Crippen LogP contribution is 2.11. The zero-order chi connectivity index (χ0) is 18.2. The lowest BCUT2D eigenvalue weighted by molar-refractivity contribution is -0.140. The van der Waals surface area contributed by atoms with E-state index < -0.39 is 6.04 Å². The van der Waals surface area contributed by atoms with E-state index in [0.29, 0.717) is 19.5 Å². The van der Waals surface area contributed by atoms with E-state index in [-0.39, 0.29) is 11.8 Å². The number of hydrogen-bond donors (Lipinski definition) is 1. The highest BCUT2D eigenvalue weighted by molar-refractivity contribution is 5.87. The average molecular weight is 338 g/mol. The first-order valence-corrected chi connectivity index (χ1v) is 8.68. The number of carbonyl (C=O) groups is 2. The normalized spacial score (nSPS) is 11.6. The molecule has 4 nitrogen and oxygen atoms in total. The number of benzene rings is 2. The van der Waals surface area contributed by atoms with Crippen LogP contribution in [0.2, 0.25) is 0 Å². The molecular formula is C21H26N2O2. The second kappa shape index (κ2) is 9.02. The third kappa shape index (κ3) is 5.45. The van der Waals surface area contributed by atoms with E-state index in [1.54, 1.807) is 11.8 Å². The zero-order valence-electron chi connectivity index (χ0n) is 15.2. The monoisotopic (exact) mass is 338 g/mol. The molecule has 0 heterocycles. The topological polar surface area (TPSA) is 49.4 Å². The van der Waals surface area contributed by atoms with E-state index in [0.717, 1.165) is 11.1 Å². The van der Waals surface area contributed by atoms with Gasteiger partial charge in [0, 0.05) is 19.5 Å². The van der Waals surface area contributed by atoms with Gasteiger partial charge < -0.3 is 10.2 Å². The maximum absolute atomic E-state index is 12.5. The van der Waals surface area contributed by atoms with Crippen LogP contribution < -0.4 is 5.32 Å². The Morgan fingerprint density at radius 2 is 1.64 bits per heavy atom. The Morgan fingerprint density at radius 3 is 2.24 bits per heavy atom. The molecule has 132 valence electrons. The van der Waals surface area contributed by atoms with Crippen LogP contribution in [0.3, 0.4) is 0 Å². The van der Waals surface area contributed by atoms with E-state index in [9.17, 15) is 9.59 Å². The first-order chi connectivity index (χ1) is 12.0. The lowest BCUT2D eigenvalue weighted by Gasteiger charge is -2.28. The highest BCUT2D eigenvalue weighted by atomic mass is 16.2. The van der Waals surface area contributed by atoms with E-state index in [2.05, 4.69) is 5.32 Å². The summed E-state index contributed by atoms with van der Waals surface area (Å²) >= 11 is 0. The van der Waals surface area contributed by atoms with Crippen LogP contribution in [0.4, 0.5) is 0 Å². The summed E-state index contributed by atoms with van der Waals surface area (Å²) < 4.78 is 0. The van der Waals surface area contributed by atoms with Crippen LogP contribution in [0.5, 0.6) is 0 Å². The Balaban J connectivity index is 2.01. The smallest absolute Gasteiger partial charge is 0.242 e. The Morgan fingerprint density at radius 1 is 1.00 bits per heavy atom. The minimum Gasteiger partial charge on any atom is -0.350 e. The van der Waals surface area contributed by atoms with Gasteiger partial charge in [0.25, 0.3) is 0 Å². The molecule has 1 N–H and O–H groups in total. The van der Waals surface area contributed by atoms with Gasteiger partial charge in [0.05, 0.1) is 0 Å². The Labute approximate surface area is 149 Å². The molecular weight excluding hydrogens is 312 g/mol. The molecule has 2 rings (SSSR count). The minimum absolute atomic E-state index is 0.0261. The lowest BCUT2D eigenvalue weighted by atomic mass is 10.1. The molecule has 2 aromatic carbocycles. The van der Waals surface area contributed by atoms with E-state index >= 15 is 0 Å². The molecule has 0 saturated heterocycles. The van der Waals surface area contributed by atoms with Gasteiger partial charge in [-0.2, -0.15) is 0 Å². The zero-order valence-corrected chi connectivity index (χ0v) is 15.2. The molecule has 0 radical (unpaired) electrons. The second-order valence-electron chi connectivity index (χ2n) is 6.24. The van der Waals surface area contributed by atoms with Crippen LogP contribution in [-0.2, 0) is 22.7 Å². The van der Waals surface area contributed by atoms with Crippen molar-refractivity contribution in [3.63, 3.8) is 0 Å². The second-order valence-corrected chi connectivity index (χ2v) is 6.24. The number of nitrogens with zero attached hydrogens (tertiary/aromatic N) is 1. The largest absolute Gasteiger partial charge is 0.350 e. The number of rotatable bonds is 7. The molecule has 0 saturated carbocycles. The molecule has 1 atom stereocenters. The van der Waals surface area contributed by atoms with Gasteiger partial charge in [-0.25, -0.2) is 0 Å². The average Bonchev–Trinajstić information content (AvgIpc) is 2.65. The Hall–Kier alpha value is -2.62. The van der Waals surface area contributed by atoms with Crippen LogP contribution in [0.1, 0.15) is 37.0 Å². The molecule has 0 aromatic heterocycles. The summed E-state index contributed by atoms with van der Waals surface area (Å²) in [5, 5.41) is 2.93. The summed E-state index contributed by atoms with van der Waals surface area (Å²) in [7, 11) is 0. The van der Waals surface area contributed by atoms with Crippen LogP contribution >= 0.6 is 0 Å². The van der Waals surface area contributed by atoms with Gasteiger partial charge in [0.15, 0.2) is 0 Å². The molecule has 0 unspecified atom stereocenters. The maximum atomic E-state index is 12.5. The number of hydrogen-bond acceptors (Lipinski definition) is 2. The van der Waals surface area contributed by atoms with Crippen molar-refractivity contribution in [3.8, 4) is 0 Å². The fraction of sp³-hybridized carbons (Fsp3) is 0.333. The number of aryl methyl sites for hydroxylation is 1. The standard InChI is InChI=1S/C21H26N2O2/c1-4-20(24)23(15-19-8-6-5-7-9-19)17(3)21(25)22-14-18-12-10-16(2)11-13-18/h5-13,17H,4,14-15H2,1-3H3,(H,22,25)/t17-/m0/s1. The summed E-state index contributed by atoms with van der Waals surface area (Å²) in [6.45, 7) is 6.52. The van der Waals surface area contributed by atoms with Crippen molar-refractivity contribution in [2.24, 2.45) is 0 Å². The van der Waals surface area contributed by atoms with Crippen molar-refractivity contribution < 1.29 is 9.59 Å². The first kappa shape index (κ1) is 18.7. The van der Waals surface area contributed by atoms with Crippen molar-refractivity contribution in [2.45, 2.75) is 46.3 Å². The molecule has 0 fully saturated rings. The van der Waals surface area contributed by atoms with E-state index in [4.69, 9.17) is 0 Å². The van der Waals surface area contributed by atoms with Crippen LogP contribution in [0.15, 0.2) is 54.6 Å². The SMILES string of the molecule is CCC(=O)N(Cc1ccccc1)[C@@H](C)C(=O)NCc1ccc(C)cc1. The van der Waals surface area contributed by atoms with Crippen molar-refractivity contribution in [1.82, 2.24) is 10.2 Å². The van der Waals surface area contributed by atoms with Gasteiger partial charge in [0.1, 0.15) is 6.04 Å². The predicted molar refractivity (Wildman–Crippen MR) is 99.8 cm³/mol. The summed E-state index contributed by atoms with van der Waals surface area (Å²) in [5.74, 6) is -0.167. The molecule has 2 aromatic rings. The van der Waals surface area contributed by atoms with Crippen molar-refractivity contribution in [1.29, 1.82) is 0 Å².